The van der Waals surface area contributed by atoms with Crippen molar-refractivity contribution in [3.8, 4) is 0 Å². The highest BCUT2D eigenvalue weighted by Gasteiger charge is 2.30. The lowest BCUT2D eigenvalue weighted by Gasteiger charge is -2.20. The predicted molar refractivity (Wildman–Crippen MR) is 91.7 cm³/mol. The molecule has 0 saturated heterocycles. The van der Waals surface area contributed by atoms with E-state index >= 15 is 0 Å². The zero-order chi connectivity index (χ0) is 17.1. The Morgan fingerprint density at radius 2 is 2.17 bits per heavy atom. The van der Waals surface area contributed by atoms with E-state index in [2.05, 4.69) is 9.97 Å². The summed E-state index contributed by atoms with van der Waals surface area (Å²) in [4.78, 5) is 32.9. The van der Waals surface area contributed by atoms with Crippen LogP contribution in [-0.4, -0.2) is 45.6 Å². The standard InChI is InChI=1S/C18H23N3O3/c1-21(11-15(22)12-9-10-12)17(23)8-4-7-16-19-14-6-3-2-5-13(14)18(24)20-16/h2-3,5-6,12,15,22H,4,7-11H2,1H3,(H,19,20,24). The summed E-state index contributed by atoms with van der Waals surface area (Å²) in [5.74, 6) is 0.983. The number of nitrogens with zero attached hydrogens (tertiary/aromatic N) is 2. The molecule has 1 saturated carbocycles. The number of aliphatic hydroxyl groups excluding tert-OH is 1. The molecule has 1 heterocycles. The van der Waals surface area contributed by atoms with E-state index < -0.39 is 6.10 Å². The highest BCUT2D eigenvalue weighted by Crippen LogP contribution is 2.32. The van der Waals surface area contributed by atoms with Crippen molar-refractivity contribution in [3.05, 3.63) is 40.4 Å². The SMILES string of the molecule is CN(CC(O)C1CC1)C(=O)CCCc1nc2ccccc2c(=O)[nH]1. The minimum absolute atomic E-state index is 0.0119. The number of H-pyrrole nitrogens is 1. The zero-order valence-corrected chi connectivity index (χ0v) is 13.9. The molecule has 2 N–H and O–H groups in total. The fourth-order valence-corrected chi connectivity index (χ4v) is 2.86. The van der Waals surface area contributed by atoms with Crippen LogP contribution in [0.25, 0.3) is 10.9 Å². The van der Waals surface area contributed by atoms with Gasteiger partial charge in [-0.3, -0.25) is 9.59 Å². The maximum Gasteiger partial charge on any atom is 0.258 e. The van der Waals surface area contributed by atoms with Crippen LogP contribution >= 0.6 is 0 Å². The summed E-state index contributed by atoms with van der Waals surface area (Å²) in [6, 6.07) is 7.21. The van der Waals surface area contributed by atoms with Crippen molar-refractivity contribution in [2.75, 3.05) is 13.6 Å². The topological polar surface area (TPSA) is 86.3 Å². The molecule has 0 radical (unpaired) electrons. The smallest absolute Gasteiger partial charge is 0.258 e. The van der Waals surface area contributed by atoms with E-state index in [1.54, 1.807) is 18.0 Å². The van der Waals surface area contributed by atoms with E-state index in [1.807, 2.05) is 18.2 Å². The van der Waals surface area contributed by atoms with Crippen LogP contribution < -0.4 is 5.56 Å². The van der Waals surface area contributed by atoms with E-state index in [0.717, 1.165) is 12.8 Å². The van der Waals surface area contributed by atoms with Crippen LogP contribution in [0.4, 0.5) is 0 Å². The Labute approximate surface area is 140 Å². The van der Waals surface area contributed by atoms with Gasteiger partial charge in [-0.2, -0.15) is 0 Å². The molecule has 1 atom stereocenters. The summed E-state index contributed by atoms with van der Waals surface area (Å²) in [5, 5.41) is 10.5. The van der Waals surface area contributed by atoms with E-state index in [4.69, 9.17) is 0 Å². The van der Waals surface area contributed by atoms with Gasteiger partial charge in [0.05, 0.1) is 17.0 Å². The molecular weight excluding hydrogens is 306 g/mol. The molecule has 1 unspecified atom stereocenters. The second kappa shape index (κ2) is 7.13. The van der Waals surface area contributed by atoms with Crippen molar-refractivity contribution in [1.29, 1.82) is 0 Å². The minimum atomic E-state index is -0.405. The molecule has 1 aliphatic carbocycles. The molecule has 6 heteroatoms. The summed E-state index contributed by atoms with van der Waals surface area (Å²) in [6.07, 6.45) is 3.26. The molecule has 24 heavy (non-hydrogen) atoms. The minimum Gasteiger partial charge on any atom is -0.391 e. The molecular formula is C18H23N3O3. The lowest BCUT2D eigenvalue weighted by Crippen LogP contribution is -2.35. The number of rotatable bonds is 7. The first kappa shape index (κ1) is 16.6. The van der Waals surface area contributed by atoms with Crippen molar-refractivity contribution in [2.24, 2.45) is 5.92 Å². The second-order valence-corrected chi connectivity index (χ2v) is 6.56. The molecule has 1 fully saturated rings. The van der Waals surface area contributed by atoms with E-state index in [9.17, 15) is 14.7 Å². The summed E-state index contributed by atoms with van der Waals surface area (Å²) < 4.78 is 0. The molecule has 1 amide bonds. The first-order chi connectivity index (χ1) is 11.5. The van der Waals surface area contributed by atoms with Gasteiger partial charge >= 0.3 is 0 Å². The van der Waals surface area contributed by atoms with Crippen molar-refractivity contribution >= 4 is 16.8 Å². The van der Waals surface area contributed by atoms with Gasteiger partial charge in [0, 0.05) is 26.4 Å². The summed E-state index contributed by atoms with van der Waals surface area (Å²) in [6.45, 7) is 0.397. The Kier molecular flexibility index (Phi) is 4.94. The fourth-order valence-electron chi connectivity index (χ4n) is 2.86. The number of aromatic nitrogens is 2. The number of likely N-dealkylation sites (N-methyl/N-ethyl adjacent to an activating group) is 1. The van der Waals surface area contributed by atoms with Crippen LogP contribution in [0.15, 0.2) is 29.1 Å². The Bertz CT molecular complexity index is 782. The normalized spacial score (nSPS) is 15.4. The highest BCUT2D eigenvalue weighted by atomic mass is 16.3. The average Bonchev–Trinajstić information content (AvgIpc) is 3.39. The van der Waals surface area contributed by atoms with Crippen molar-refractivity contribution in [1.82, 2.24) is 14.9 Å². The second-order valence-electron chi connectivity index (χ2n) is 6.56. The Morgan fingerprint density at radius 1 is 1.42 bits per heavy atom. The van der Waals surface area contributed by atoms with Gasteiger partial charge in [-0.15, -0.1) is 0 Å². The van der Waals surface area contributed by atoms with Gasteiger partial charge in [0.2, 0.25) is 5.91 Å². The van der Waals surface area contributed by atoms with Gasteiger partial charge in [0.15, 0.2) is 0 Å². The van der Waals surface area contributed by atoms with E-state index in [1.165, 1.54) is 0 Å². The van der Waals surface area contributed by atoms with E-state index in [-0.39, 0.29) is 11.5 Å². The fraction of sp³-hybridized carbons (Fsp3) is 0.500. The van der Waals surface area contributed by atoms with Crippen LogP contribution in [0, 0.1) is 5.92 Å². The number of carbonyl (C=O) groups is 1. The number of nitrogens with one attached hydrogen (secondary N) is 1. The number of aliphatic hydroxyl groups is 1. The number of hydrogen-bond donors (Lipinski definition) is 2. The lowest BCUT2D eigenvalue weighted by atomic mass is 10.2. The number of para-hydroxylation sites is 1. The third-order valence-corrected chi connectivity index (χ3v) is 4.52. The highest BCUT2D eigenvalue weighted by molar-refractivity contribution is 5.77. The van der Waals surface area contributed by atoms with Gasteiger partial charge in [-0.25, -0.2) is 4.98 Å². The third-order valence-electron chi connectivity index (χ3n) is 4.52. The maximum atomic E-state index is 12.1. The number of benzene rings is 1. The molecule has 3 rings (SSSR count). The first-order valence-electron chi connectivity index (χ1n) is 8.44. The number of carbonyl (C=O) groups excluding carboxylic acids is 1. The van der Waals surface area contributed by atoms with Crippen molar-refractivity contribution in [3.63, 3.8) is 0 Å². The van der Waals surface area contributed by atoms with E-state index in [0.29, 0.717) is 48.5 Å². The van der Waals surface area contributed by atoms with Gasteiger partial charge in [0.1, 0.15) is 5.82 Å². The summed E-state index contributed by atoms with van der Waals surface area (Å²) in [7, 11) is 1.73. The Balaban J connectivity index is 1.52. The molecule has 1 aliphatic rings. The lowest BCUT2D eigenvalue weighted by molar-refractivity contribution is -0.131. The number of aryl methyl sites for hydroxylation is 1. The maximum absolute atomic E-state index is 12.1. The molecule has 1 aromatic carbocycles. The number of amides is 1. The van der Waals surface area contributed by atoms with Crippen LogP contribution in [0.3, 0.4) is 0 Å². The third kappa shape index (κ3) is 4.00. The van der Waals surface area contributed by atoms with Crippen LogP contribution in [0.5, 0.6) is 0 Å². The largest absolute Gasteiger partial charge is 0.391 e. The molecule has 2 aromatic rings. The average molecular weight is 329 g/mol. The number of hydrogen-bond acceptors (Lipinski definition) is 4. The van der Waals surface area contributed by atoms with Crippen molar-refractivity contribution in [2.45, 2.75) is 38.2 Å². The molecule has 6 nitrogen and oxygen atoms in total. The van der Waals surface area contributed by atoms with Crippen LogP contribution in [-0.2, 0) is 11.2 Å². The molecule has 0 bridgehead atoms. The van der Waals surface area contributed by atoms with Crippen LogP contribution in [0.1, 0.15) is 31.5 Å². The number of aromatic amines is 1. The van der Waals surface area contributed by atoms with Gasteiger partial charge in [-0.05, 0) is 37.3 Å². The molecule has 1 aromatic heterocycles. The van der Waals surface area contributed by atoms with Gasteiger partial charge < -0.3 is 15.0 Å². The summed E-state index contributed by atoms with van der Waals surface area (Å²) in [5.41, 5.74) is 0.527. The monoisotopic (exact) mass is 329 g/mol. The zero-order valence-electron chi connectivity index (χ0n) is 13.9. The molecule has 0 spiro atoms. The van der Waals surface area contributed by atoms with Gasteiger partial charge in [0.25, 0.3) is 5.56 Å². The van der Waals surface area contributed by atoms with Crippen molar-refractivity contribution < 1.29 is 9.90 Å². The predicted octanol–water partition coefficient (Wildman–Crippen LogP) is 1.48. The quantitative estimate of drug-likeness (QED) is 0.805. The summed E-state index contributed by atoms with van der Waals surface area (Å²) >= 11 is 0. The number of fused-ring (bicyclic) bond motifs is 1. The van der Waals surface area contributed by atoms with Crippen LogP contribution in [0.2, 0.25) is 0 Å². The molecule has 128 valence electrons. The Morgan fingerprint density at radius 3 is 2.92 bits per heavy atom. The first-order valence-corrected chi connectivity index (χ1v) is 8.44. The molecule has 0 aliphatic heterocycles. The Hall–Kier alpha value is -2.21. The van der Waals surface area contributed by atoms with Gasteiger partial charge in [-0.1, -0.05) is 12.1 Å².